The molecule has 0 fully saturated rings. The van der Waals surface area contributed by atoms with Crippen LogP contribution in [0.5, 0.6) is 0 Å². The Bertz CT molecular complexity index is 2820. The highest BCUT2D eigenvalue weighted by Crippen LogP contribution is 2.40. The van der Waals surface area contributed by atoms with Gasteiger partial charge < -0.3 is 4.57 Å². The molecule has 0 bridgehead atoms. The molecule has 0 N–H and O–H groups in total. The Morgan fingerprint density at radius 1 is 0.224 bits per heavy atom. The third kappa shape index (κ3) is 4.47. The minimum atomic E-state index is 1.15. The number of fused-ring (bicyclic) bond motifs is 9. The molecule has 10 rings (SSSR count). The van der Waals surface area contributed by atoms with Crippen molar-refractivity contribution in [2.45, 2.75) is 0 Å². The van der Waals surface area contributed by atoms with Gasteiger partial charge in [0, 0.05) is 16.5 Å². The zero-order chi connectivity index (χ0) is 32.3. The van der Waals surface area contributed by atoms with Gasteiger partial charge in [-0.05, 0) is 102 Å². The first-order valence-electron chi connectivity index (χ1n) is 16.9. The molecule has 0 unspecified atom stereocenters. The topological polar surface area (TPSA) is 4.93 Å². The Hall–Kier alpha value is -6.44. The highest BCUT2D eigenvalue weighted by molar-refractivity contribution is 6.25. The van der Waals surface area contributed by atoms with E-state index in [-0.39, 0.29) is 0 Å². The molecule has 0 aliphatic heterocycles. The van der Waals surface area contributed by atoms with Crippen LogP contribution in [0, 0.1) is 0 Å². The maximum atomic E-state index is 2.46. The van der Waals surface area contributed by atoms with Crippen molar-refractivity contribution in [2.75, 3.05) is 0 Å². The molecule has 0 amide bonds. The van der Waals surface area contributed by atoms with Crippen LogP contribution >= 0.6 is 0 Å². The highest BCUT2D eigenvalue weighted by atomic mass is 15.0. The predicted octanol–water partition coefficient (Wildman–Crippen LogP) is 13.2. The Morgan fingerprint density at radius 2 is 0.653 bits per heavy atom. The third-order valence-electron chi connectivity index (χ3n) is 10.1. The lowest BCUT2D eigenvalue weighted by molar-refractivity contribution is 1.18. The molecule has 1 heterocycles. The highest BCUT2D eigenvalue weighted by Gasteiger charge is 2.16. The number of hydrogen-bond donors (Lipinski definition) is 0. The summed E-state index contributed by atoms with van der Waals surface area (Å²) >= 11 is 0. The van der Waals surface area contributed by atoms with Crippen molar-refractivity contribution in [3.8, 4) is 39.1 Å². The number of rotatable bonds is 4. The van der Waals surface area contributed by atoms with E-state index in [1.165, 1.54) is 87.5 Å². The van der Waals surface area contributed by atoms with E-state index in [4.69, 9.17) is 0 Å². The first kappa shape index (κ1) is 27.7. The van der Waals surface area contributed by atoms with Gasteiger partial charge in [0.1, 0.15) is 0 Å². The summed E-state index contributed by atoms with van der Waals surface area (Å²) in [6.45, 7) is 0. The zero-order valence-corrected chi connectivity index (χ0v) is 26.8. The van der Waals surface area contributed by atoms with Crippen molar-refractivity contribution in [1.29, 1.82) is 0 Å². The second-order valence-corrected chi connectivity index (χ2v) is 12.9. The molecule has 0 saturated heterocycles. The van der Waals surface area contributed by atoms with Crippen molar-refractivity contribution in [3.63, 3.8) is 0 Å². The minimum absolute atomic E-state index is 1.15. The Labute approximate surface area is 284 Å². The summed E-state index contributed by atoms with van der Waals surface area (Å²) in [6, 6.07) is 68.8. The van der Waals surface area contributed by atoms with Crippen LogP contribution in [0.1, 0.15) is 0 Å². The smallest absolute Gasteiger partial charge is 0.0547 e. The fraction of sp³-hybridized carbons (Fsp3) is 0. The molecular weight excluding hydrogens is 591 g/mol. The standard InChI is InChI=1S/C48H31N/c1-3-13-32(14-4-1)35-24-26-45-44-21-11-12-22-47(44)49(48(45)31-35)38-28-36(33-15-5-2-6-16-33)27-37(29-38)34-23-25-43-41-19-8-7-17-39(41)40-18-9-10-20-42(40)46(43)30-34/h1-31H. The summed E-state index contributed by atoms with van der Waals surface area (Å²) in [5, 5.41) is 10.2. The normalized spacial score (nSPS) is 11.7. The van der Waals surface area contributed by atoms with Gasteiger partial charge >= 0.3 is 0 Å². The molecule has 1 aromatic heterocycles. The van der Waals surface area contributed by atoms with Crippen molar-refractivity contribution in [2.24, 2.45) is 0 Å². The van der Waals surface area contributed by atoms with Gasteiger partial charge in [0.15, 0.2) is 0 Å². The monoisotopic (exact) mass is 621 g/mol. The summed E-state index contributed by atoms with van der Waals surface area (Å²) in [5.74, 6) is 0. The van der Waals surface area contributed by atoms with Crippen LogP contribution in [0.25, 0.3) is 93.2 Å². The van der Waals surface area contributed by atoms with E-state index in [1.54, 1.807) is 0 Å². The fourth-order valence-electron chi connectivity index (χ4n) is 7.85. The number of nitrogens with zero attached hydrogens (tertiary/aromatic N) is 1. The molecule has 9 aromatic carbocycles. The molecule has 0 spiro atoms. The van der Waals surface area contributed by atoms with Crippen molar-refractivity contribution < 1.29 is 0 Å². The van der Waals surface area contributed by atoms with E-state index in [0.717, 1.165) is 5.69 Å². The zero-order valence-electron chi connectivity index (χ0n) is 26.8. The largest absolute Gasteiger partial charge is 0.309 e. The van der Waals surface area contributed by atoms with Crippen LogP contribution in [0.4, 0.5) is 0 Å². The summed E-state index contributed by atoms with van der Waals surface area (Å²) in [6.07, 6.45) is 0. The summed E-state index contributed by atoms with van der Waals surface area (Å²) in [4.78, 5) is 0. The summed E-state index contributed by atoms with van der Waals surface area (Å²) in [7, 11) is 0. The van der Waals surface area contributed by atoms with Gasteiger partial charge in [0.25, 0.3) is 0 Å². The van der Waals surface area contributed by atoms with Gasteiger partial charge in [-0.1, -0.05) is 152 Å². The van der Waals surface area contributed by atoms with E-state index >= 15 is 0 Å². The van der Waals surface area contributed by atoms with E-state index in [0.29, 0.717) is 0 Å². The lowest BCUT2D eigenvalue weighted by atomic mass is 9.91. The Morgan fingerprint density at radius 3 is 1.29 bits per heavy atom. The van der Waals surface area contributed by atoms with Gasteiger partial charge in [0.2, 0.25) is 0 Å². The molecule has 0 aliphatic carbocycles. The first-order chi connectivity index (χ1) is 24.3. The van der Waals surface area contributed by atoms with Crippen LogP contribution in [-0.2, 0) is 0 Å². The van der Waals surface area contributed by atoms with E-state index < -0.39 is 0 Å². The van der Waals surface area contributed by atoms with Gasteiger partial charge in [0.05, 0.1) is 11.0 Å². The number of benzene rings is 9. The molecule has 10 aromatic rings. The number of hydrogen-bond acceptors (Lipinski definition) is 0. The molecule has 0 saturated carbocycles. The molecular formula is C48H31N. The van der Waals surface area contributed by atoms with Gasteiger partial charge in [-0.15, -0.1) is 0 Å². The fourth-order valence-corrected chi connectivity index (χ4v) is 7.85. The molecule has 228 valence electrons. The molecule has 49 heavy (non-hydrogen) atoms. The van der Waals surface area contributed by atoms with Crippen molar-refractivity contribution >= 4 is 54.1 Å². The maximum absolute atomic E-state index is 2.46. The van der Waals surface area contributed by atoms with Crippen molar-refractivity contribution in [1.82, 2.24) is 4.57 Å². The Kier molecular flexibility index (Phi) is 6.25. The van der Waals surface area contributed by atoms with Crippen LogP contribution in [0.15, 0.2) is 188 Å². The van der Waals surface area contributed by atoms with Crippen LogP contribution < -0.4 is 0 Å². The third-order valence-corrected chi connectivity index (χ3v) is 10.1. The summed E-state index contributed by atoms with van der Waals surface area (Å²) in [5.41, 5.74) is 10.8. The average Bonchev–Trinajstić information content (AvgIpc) is 3.52. The summed E-state index contributed by atoms with van der Waals surface area (Å²) < 4.78 is 2.46. The maximum Gasteiger partial charge on any atom is 0.0547 e. The molecule has 0 atom stereocenters. The quantitative estimate of drug-likeness (QED) is 0.172. The van der Waals surface area contributed by atoms with Crippen LogP contribution in [-0.4, -0.2) is 4.57 Å². The van der Waals surface area contributed by atoms with Crippen LogP contribution in [0.3, 0.4) is 0 Å². The lowest BCUT2D eigenvalue weighted by Crippen LogP contribution is -1.96. The second kappa shape index (κ2) is 11.1. The van der Waals surface area contributed by atoms with E-state index in [9.17, 15) is 0 Å². The molecule has 1 heteroatoms. The van der Waals surface area contributed by atoms with Gasteiger partial charge in [-0.3, -0.25) is 0 Å². The second-order valence-electron chi connectivity index (χ2n) is 12.9. The lowest BCUT2D eigenvalue weighted by Gasteiger charge is -2.16. The number of para-hydroxylation sites is 1. The SMILES string of the molecule is c1ccc(-c2cc(-c3ccc4c5ccccc5c5ccccc5c4c3)cc(-n3c4ccccc4c4ccc(-c5ccccc5)cc43)c2)cc1. The average molecular weight is 622 g/mol. The van der Waals surface area contributed by atoms with E-state index in [1.807, 2.05) is 0 Å². The predicted molar refractivity (Wildman–Crippen MR) is 210 cm³/mol. The van der Waals surface area contributed by atoms with E-state index in [2.05, 4.69) is 193 Å². The minimum Gasteiger partial charge on any atom is -0.309 e. The van der Waals surface area contributed by atoms with Gasteiger partial charge in [-0.2, -0.15) is 0 Å². The molecule has 1 nitrogen and oxygen atoms in total. The van der Waals surface area contributed by atoms with Crippen molar-refractivity contribution in [3.05, 3.63) is 188 Å². The number of aromatic nitrogens is 1. The Balaban J connectivity index is 1.26. The van der Waals surface area contributed by atoms with Gasteiger partial charge in [-0.25, -0.2) is 0 Å². The van der Waals surface area contributed by atoms with Crippen LogP contribution in [0.2, 0.25) is 0 Å². The molecule has 0 aliphatic rings. The first-order valence-corrected chi connectivity index (χ1v) is 16.9. The molecule has 0 radical (unpaired) electrons.